The molecular formula is C23H26ClN3O7S. The Morgan fingerprint density at radius 2 is 1.43 bits per heavy atom. The Labute approximate surface area is 206 Å². The number of halogens is 1. The molecule has 1 amide bonds. The predicted molar refractivity (Wildman–Crippen MR) is 117 cm³/mol. The second-order valence-electron chi connectivity index (χ2n) is 7.38. The van der Waals surface area contributed by atoms with Gasteiger partial charge in [-0.1, -0.05) is 50.2 Å². The standard InChI is InChI=1S/C23H25N3O3S.ClHO4/c1-3-20-13-18(17-9-6-5-7-10-17)14-21(4-2)26(20)16-23(27)25-19-11-8-12-22(15-19)30(24,28)29;2-1(3,4)5/h5-15H,3-4,16H2,1-2H3,(H2-,24,25,27,28,29);(H,2,3,4,5). The van der Waals surface area contributed by atoms with Crippen molar-refractivity contribution in [3.8, 4) is 11.1 Å². The zero-order valence-electron chi connectivity index (χ0n) is 19.1. The number of primary sulfonamides is 1. The molecule has 0 saturated carbocycles. The van der Waals surface area contributed by atoms with E-state index >= 15 is 0 Å². The maximum absolute atomic E-state index is 12.7. The molecule has 188 valence electrons. The topological polar surface area (TPSA) is 185 Å². The minimum absolute atomic E-state index is 0.0383. The monoisotopic (exact) mass is 523 g/mol. The van der Waals surface area contributed by atoms with Gasteiger partial charge in [-0.15, -0.1) is 10.2 Å². The first-order valence-electron chi connectivity index (χ1n) is 10.5. The maximum atomic E-state index is 12.7. The summed E-state index contributed by atoms with van der Waals surface area (Å²) in [4.78, 5) is 12.7. The summed E-state index contributed by atoms with van der Waals surface area (Å²) >= 11 is 0. The van der Waals surface area contributed by atoms with Crippen LogP contribution in [0, 0.1) is 10.2 Å². The molecule has 0 aliphatic heterocycles. The highest BCUT2D eigenvalue weighted by atomic mass is 35.7. The van der Waals surface area contributed by atoms with Gasteiger partial charge < -0.3 is 5.32 Å². The number of hydrogen-bond donors (Lipinski definition) is 2. The van der Waals surface area contributed by atoms with Crippen molar-refractivity contribution in [1.29, 1.82) is 0 Å². The van der Waals surface area contributed by atoms with Crippen LogP contribution in [0.1, 0.15) is 25.2 Å². The quantitative estimate of drug-likeness (QED) is 0.345. The van der Waals surface area contributed by atoms with Gasteiger partial charge in [0, 0.05) is 30.7 Å². The molecule has 12 heteroatoms. The van der Waals surface area contributed by atoms with Crippen LogP contribution in [0.25, 0.3) is 11.1 Å². The van der Waals surface area contributed by atoms with Crippen molar-refractivity contribution in [3.05, 3.63) is 78.1 Å². The van der Waals surface area contributed by atoms with Gasteiger partial charge in [-0.3, -0.25) is 4.79 Å². The fourth-order valence-corrected chi connectivity index (χ4v) is 3.98. The first-order chi connectivity index (χ1) is 16.3. The van der Waals surface area contributed by atoms with Gasteiger partial charge in [0.2, 0.25) is 16.6 Å². The van der Waals surface area contributed by atoms with Gasteiger partial charge in [-0.25, -0.2) is 32.2 Å². The van der Waals surface area contributed by atoms with E-state index in [2.05, 4.69) is 43.4 Å². The lowest BCUT2D eigenvalue weighted by Gasteiger charge is -2.17. The molecule has 0 saturated heterocycles. The second kappa shape index (κ2) is 12.2. The lowest BCUT2D eigenvalue weighted by Crippen LogP contribution is -2.68. The first kappa shape index (κ1) is 28.3. The molecule has 1 heterocycles. The lowest BCUT2D eigenvalue weighted by atomic mass is 10.0. The number of amides is 1. The molecule has 10 nitrogen and oxygen atoms in total. The summed E-state index contributed by atoms with van der Waals surface area (Å²) in [5.74, 6) is -0.233. The average molecular weight is 524 g/mol. The van der Waals surface area contributed by atoms with E-state index in [4.69, 9.17) is 23.8 Å². The second-order valence-corrected chi connectivity index (χ2v) is 9.70. The number of carbonyl (C=O) groups excluding carboxylic acids is 1. The zero-order valence-corrected chi connectivity index (χ0v) is 20.7. The average Bonchev–Trinajstić information content (AvgIpc) is 2.78. The molecule has 0 aliphatic carbocycles. The number of nitrogens with zero attached hydrogens (tertiary/aromatic N) is 1. The number of benzene rings is 2. The summed E-state index contributed by atoms with van der Waals surface area (Å²) < 4.78 is 59.1. The minimum Gasteiger partial charge on any atom is -0.321 e. The molecule has 3 N–H and O–H groups in total. The van der Waals surface area contributed by atoms with Crippen LogP contribution >= 0.6 is 0 Å². The number of sulfonamides is 1. The number of nitrogens with one attached hydrogen (secondary N) is 1. The SMILES string of the molecule is CCc1cc(-c2ccccc2)cc(CC)[n+]1CC(=O)Nc1cccc(S(N)(=O)=O)c1.[O-][Cl+3]([O-])([O-])[O-]. The molecule has 2 aromatic carbocycles. The third-order valence-electron chi connectivity index (χ3n) is 4.92. The van der Waals surface area contributed by atoms with Crippen molar-refractivity contribution < 1.29 is 46.7 Å². The minimum atomic E-state index is -4.94. The van der Waals surface area contributed by atoms with E-state index in [0.717, 1.165) is 35.4 Å². The van der Waals surface area contributed by atoms with Crippen LogP contribution in [0.2, 0.25) is 0 Å². The highest BCUT2D eigenvalue weighted by Gasteiger charge is 2.21. The van der Waals surface area contributed by atoms with Gasteiger partial charge in [-0.2, -0.15) is 4.57 Å². The summed E-state index contributed by atoms with van der Waals surface area (Å²) in [5, 5.41) is 7.95. The van der Waals surface area contributed by atoms with Gasteiger partial charge >= 0.3 is 0 Å². The van der Waals surface area contributed by atoms with Gasteiger partial charge in [0.1, 0.15) is 0 Å². The summed E-state index contributed by atoms with van der Waals surface area (Å²) in [6.07, 6.45) is 1.56. The number of carbonyl (C=O) groups is 1. The Kier molecular flexibility index (Phi) is 9.86. The van der Waals surface area contributed by atoms with Crippen molar-refractivity contribution in [3.63, 3.8) is 0 Å². The summed E-state index contributed by atoms with van der Waals surface area (Å²) in [6, 6.07) is 20.3. The van der Waals surface area contributed by atoms with E-state index in [9.17, 15) is 13.2 Å². The Balaban J connectivity index is 0.000000784. The van der Waals surface area contributed by atoms with Crippen molar-refractivity contribution in [1.82, 2.24) is 0 Å². The number of hydrogen-bond acceptors (Lipinski definition) is 7. The molecule has 0 radical (unpaired) electrons. The first-order valence-corrected chi connectivity index (χ1v) is 13.3. The molecule has 1 aromatic heterocycles. The fraction of sp³-hybridized carbons (Fsp3) is 0.217. The van der Waals surface area contributed by atoms with Crippen LogP contribution < -0.4 is 33.7 Å². The Bertz CT molecular complexity index is 1230. The largest absolute Gasteiger partial charge is 0.321 e. The van der Waals surface area contributed by atoms with Crippen molar-refractivity contribution in [2.45, 2.75) is 38.1 Å². The third kappa shape index (κ3) is 9.34. The fourth-order valence-electron chi connectivity index (χ4n) is 3.42. The molecule has 3 rings (SSSR count). The molecule has 35 heavy (non-hydrogen) atoms. The van der Waals surface area contributed by atoms with Crippen LogP contribution in [0.5, 0.6) is 0 Å². The van der Waals surface area contributed by atoms with Crippen LogP contribution in [-0.2, 0) is 34.2 Å². The predicted octanol–water partition coefficient (Wildman–Crippen LogP) is -1.70. The van der Waals surface area contributed by atoms with Gasteiger partial charge in [0.15, 0.2) is 11.4 Å². The van der Waals surface area contributed by atoms with E-state index in [0.29, 0.717) is 5.69 Å². The van der Waals surface area contributed by atoms with E-state index in [1.165, 1.54) is 12.1 Å². The zero-order chi connectivity index (χ0) is 26.2. The van der Waals surface area contributed by atoms with Crippen molar-refractivity contribution in [2.75, 3.05) is 5.32 Å². The highest BCUT2D eigenvalue weighted by Crippen LogP contribution is 2.21. The Hall–Kier alpha value is -2.90. The molecule has 3 aromatic rings. The van der Waals surface area contributed by atoms with Crippen molar-refractivity contribution in [2.24, 2.45) is 5.14 Å². The van der Waals surface area contributed by atoms with Gasteiger partial charge in [0.05, 0.1) is 4.90 Å². The Morgan fingerprint density at radius 1 is 0.886 bits per heavy atom. The van der Waals surface area contributed by atoms with E-state index in [1.54, 1.807) is 12.1 Å². The molecule has 0 atom stereocenters. The third-order valence-corrected chi connectivity index (χ3v) is 5.83. The summed E-state index contributed by atoms with van der Waals surface area (Å²) in [6.45, 7) is 4.27. The molecule has 0 spiro atoms. The van der Waals surface area contributed by atoms with Crippen LogP contribution in [0.3, 0.4) is 0 Å². The lowest BCUT2D eigenvalue weighted by molar-refractivity contribution is -2.00. The van der Waals surface area contributed by atoms with E-state index in [1.807, 2.05) is 22.8 Å². The molecule has 0 aliphatic rings. The number of nitrogens with two attached hydrogens (primary N) is 1. The van der Waals surface area contributed by atoms with Crippen LogP contribution in [0.15, 0.2) is 71.6 Å². The molecule has 0 fully saturated rings. The van der Waals surface area contributed by atoms with Gasteiger partial charge in [0.25, 0.3) is 5.91 Å². The van der Waals surface area contributed by atoms with E-state index in [-0.39, 0.29) is 17.3 Å². The molecular weight excluding hydrogens is 498 g/mol. The number of rotatable bonds is 7. The van der Waals surface area contributed by atoms with E-state index < -0.39 is 20.3 Å². The number of pyridine rings is 1. The Morgan fingerprint density at radius 3 is 1.91 bits per heavy atom. The molecule has 0 bridgehead atoms. The van der Waals surface area contributed by atoms with Crippen LogP contribution in [0.4, 0.5) is 5.69 Å². The van der Waals surface area contributed by atoms with Crippen molar-refractivity contribution >= 4 is 21.6 Å². The smallest absolute Gasteiger partial charge is 0.290 e. The maximum Gasteiger partial charge on any atom is 0.290 e. The normalized spacial score (nSPS) is 11.4. The summed E-state index contributed by atoms with van der Waals surface area (Å²) in [7, 11) is -8.77. The van der Waals surface area contributed by atoms with Gasteiger partial charge in [-0.05, 0) is 29.3 Å². The molecule has 0 unspecified atom stereocenters. The number of aromatic nitrogens is 1. The number of anilines is 1. The van der Waals surface area contributed by atoms with Crippen LogP contribution in [-0.4, -0.2) is 14.3 Å². The summed E-state index contributed by atoms with van der Waals surface area (Å²) in [5.41, 5.74) is 4.77. The highest BCUT2D eigenvalue weighted by molar-refractivity contribution is 7.89. The number of aryl methyl sites for hydroxylation is 2.